The molecule has 0 aliphatic heterocycles. The molecule has 0 aliphatic carbocycles. The standard InChI is InChI=1S/C14H12F3N3O/c15-14(16,17)11(10-4-2-1-3-5-10)8-20-13(21)12-9-18-6-7-19-12/h1-7,9,11H,8H2,(H,20,21). The van der Waals surface area contributed by atoms with Crippen molar-refractivity contribution in [1.82, 2.24) is 15.3 Å². The number of nitrogens with one attached hydrogen (secondary N) is 1. The first-order valence-corrected chi connectivity index (χ1v) is 6.14. The van der Waals surface area contributed by atoms with Crippen molar-refractivity contribution in [1.29, 1.82) is 0 Å². The summed E-state index contributed by atoms with van der Waals surface area (Å²) in [6.45, 7) is -0.553. The molecule has 0 saturated carbocycles. The van der Waals surface area contributed by atoms with E-state index in [1.54, 1.807) is 6.07 Å². The van der Waals surface area contributed by atoms with Crippen molar-refractivity contribution in [3.05, 3.63) is 60.2 Å². The molecule has 1 N–H and O–H groups in total. The zero-order chi connectivity index (χ0) is 15.3. The Hall–Kier alpha value is -2.44. The van der Waals surface area contributed by atoms with E-state index < -0.39 is 24.5 Å². The third kappa shape index (κ3) is 4.01. The van der Waals surface area contributed by atoms with Crippen molar-refractivity contribution < 1.29 is 18.0 Å². The molecule has 110 valence electrons. The summed E-state index contributed by atoms with van der Waals surface area (Å²) in [5.74, 6) is -2.45. The Balaban J connectivity index is 2.09. The molecular weight excluding hydrogens is 283 g/mol. The van der Waals surface area contributed by atoms with Gasteiger partial charge in [0.2, 0.25) is 0 Å². The van der Waals surface area contributed by atoms with E-state index in [2.05, 4.69) is 15.3 Å². The number of hydrogen-bond donors (Lipinski definition) is 1. The summed E-state index contributed by atoms with van der Waals surface area (Å²) < 4.78 is 39.2. The van der Waals surface area contributed by atoms with E-state index in [9.17, 15) is 18.0 Å². The van der Waals surface area contributed by atoms with Crippen molar-refractivity contribution in [3.63, 3.8) is 0 Å². The van der Waals surface area contributed by atoms with Crippen LogP contribution in [0.2, 0.25) is 0 Å². The molecule has 1 atom stereocenters. The van der Waals surface area contributed by atoms with Gasteiger partial charge >= 0.3 is 6.18 Å². The van der Waals surface area contributed by atoms with E-state index in [0.29, 0.717) is 0 Å². The van der Waals surface area contributed by atoms with E-state index in [-0.39, 0.29) is 11.3 Å². The molecule has 1 heterocycles. The van der Waals surface area contributed by atoms with Crippen LogP contribution in [-0.4, -0.2) is 28.6 Å². The summed E-state index contributed by atoms with van der Waals surface area (Å²) in [5, 5.41) is 2.24. The predicted octanol–water partition coefficient (Wildman–Crippen LogP) is 2.55. The lowest BCUT2D eigenvalue weighted by Gasteiger charge is -2.21. The highest BCUT2D eigenvalue weighted by molar-refractivity contribution is 5.91. The van der Waals surface area contributed by atoms with E-state index in [1.807, 2.05) is 0 Å². The lowest BCUT2D eigenvalue weighted by atomic mass is 9.98. The molecule has 7 heteroatoms. The van der Waals surface area contributed by atoms with Gasteiger partial charge in [0.1, 0.15) is 5.69 Å². The van der Waals surface area contributed by atoms with E-state index >= 15 is 0 Å². The predicted molar refractivity (Wildman–Crippen MR) is 69.6 cm³/mol. The smallest absolute Gasteiger partial charge is 0.350 e. The Labute approximate surface area is 119 Å². The lowest BCUT2D eigenvalue weighted by molar-refractivity contribution is -0.149. The number of carbonyl (C=O) groups is 1. The zero-order valence-electron chi connectivity index (χ0n) is 10.8. The molecule has 21 heavy (non-hydrogen) atoms. The fraction of sp³-hybridized carbons (Fsp3) is 0.214. The number of carbonyl (C=O) groups excluding carboxylic acids is 1. The molecule has 1 amide bonds. The van der Waals surface area contributed by atoms with Crippen LogP contribution in [0.5, 0.6) is 0 Å². The number of hydrogen-bond acceptors (Lipinski definition) is 3. The summed E-state index contributed by atoms with van der Waals surface area (Å²) in [4.78, 5) is 19.2. The summed E-state index contributed by atoms with van der Waals surface area (Å²) in [7, 11) is 0. The van der Waals surface area contributed by atoms with Gasteiger partial charge in [0.25, 0.3) is 5.91 Å². The van der Waals surface area contributed by atoms with Gasteiger partial charge in [0, 0.05) is 18.9 Å². The molecule has 0 aliphatic rings. The first-order chi connectivity index (χ1) is 9.98. The van der Waals surface area contributed by atoms with E-state index in [1.165, 1.54) is 42.9 Å². The van der Waals surface area contributed by atoms with Crippen LogP contribution in [0.1, 0.15) is 22.0 Å². The number of rotatable bonds is 4. The van der Waals surface area contributed by atoms with Gasteiger partial charge in [0.15, 0.2) is 0 Å². The van der Waals surface area contributed by atoms with Crippen molar-refractivity contribution in [2.24, 2.45) is 0 Å². The van der Waals surface area contributed by atoms with Gasteiger partial charge in [-0.1, -0.05) is 30.3 Å². The molecule has 2 rings (SSSR count). The highest BCUT2D eigenvalue weighted by Crippen LogP contribution is 2.34. The second-order valence-corrected chi connectivity index (χ2v) is 4.31. The quantitative estimate of drug-likeness (QED) is 0.943. The van der Waals surface area contributed by atoms with Crippen LogP contribution in [0.25, 0.3) is 0 Å². The Morgan fingerprint density at radius 3 is 2.48 bits per heavy atom. The van der Waals surface area contributed by atoms with Gasteiger partial charge in [-0.3, -0.25) is 9.78 Å². The van der Waals surface area contributed by atoms with Crippen LogP contribution in [0.15, 0.2) is 48.9 Å². The Bertz CT molecular complexity index is 587. The number of halogens is 3. The first kappa shape index (κ1) is 15.0. The van der Waals surface area contributed by atoms with Gasteiger partial charge < -0.3 is 5.32 Å². The van der Waals surface area contributed by atoms with Gasteiger partial charge in [0.05, 0.1) is 12.1 Å². The van der Waals surface area contributed by atoms with Gasteiger partial charge in [-0.25, -0.2) is 4.98 Å². The van der Waals surface area contributed by atoms with Crippen molar-refractivity contribution in [2.45, 2.75) is 12.1 Å². The van der Waals surface area contributed by atoms with Gasteiger partial charge in [-0.05, 0) is 5.56 Å². The SMILES string of the molecule is O=C(NCC(c1ccccc1)C(F)(F)F)c1cnccn1. The largest absolute Gasteiger partial charge is 0.397 e. The molecule has 1 aromatic heterocycles. The maximum absolute atomic E-state index is 13.1. The third-order valence-corrected chi connectivity index (χ3v) is 2.86. The molecule has 0 spiro atoms. The fourth-order valence-corrected chi connectivity index (χ4v) is 1.81. The number of nitrogens with zero attached hydrogens (tertiary/aromatic N) is 2. The van der Waals surface area contributed by atoms with Crippen LogP contribution in [-0.2, 0) is 0 Å². The van der Waals surface area contributed by atoms with Crippen LogP contribution < -0.4 is 5.32 Å². The monoisotopic (exact) mass is 295 g/mol. The average molecular weight is 295 g/mol. The second kappa shape index (κ2) is 6.34. The van der Waals surface area contributed by atoms with Crippen molar-refractivity contribution in [3.8, 4) is 0 Å². The number of aromatic nitrogens is 2. The highest BCUT2D eigenvalue weighted by Gasteiger charge is 2.40. The zero-order valence-corrected chi connectivity index (χ0v) is 10.8. The number of alkyl halides is 3. The summed E-state index contributed by atoms with van der Waals surface area (Å²) in [6.07, 6.45) is -0.579. The maximum atomic E-state index is 13.1. The normalized spacial score (nSPS) is 12.7. The average Bonchev–Trinajstić information content (AvgIpc) is 2.48. The van der Waals surface area contributed by atoms with Gasteiger partial charge in [-0.15, -0.1) is 0 Å². The molecule has 1 unspecified atom stereocenters. The van der Waals surface area contributed by atoms with Crippen molar-refractivity contribution in [2.75, 3.05) is 6.54 Å². The minimum atomic E-state index is -4.45. The summed E-state index contributed by atoms with van der Waals surface area (Å²) >= 11 is 0. The molecule has 4 nitrogen and oxygen atoms in total. The topological polar surface area (TPSA) is 54.9 Å². The van der Waals surface area contributed by atoms with Gasteiger partial charge in [-0.2, -0.15) is 13.2 Å². The Morgan fingerprint density at radius 1 is 1.19 bits per heavy atom. The van der Waals surface area contributed by atoms with Crippen LogP contribution in [0.4, 0.5) is 13.2 Å². The fourth-order valence-electron chi connectivity index (χ4n) is 1.81. The highest BCUT2D eigenvalue weighted by atomic mass is 19.4. The third-order valence-electron chi connectivity index (χ3n) is 2.86. The van der Waals surface area contributed by atoms with Crippen LogP contribution in [0.3, 0.4) is 0 Å². The lowest BCUT2D eigenvalue weighted by Crippen LogP contribution is -2.35. The maximum Gasteiger partial charge on any atom is 0.397 e. The number of benzene rings is 1. The van der Waals surface area contributed by atoms with E-state index in [0.717, 1.165) is 0 Å². The molecule has 1 aromatic carbocycles. The van der Waals surface area contributed by atoms with E-state index in [4.69, 9.17) is 0 Å². The minimum absolute atomic E-state index is 0.0218. The van der Waals surface area contributed by atoms with Crippen LogP contribution in [0, 0.1) is 0 Å². The molecule has 0 bridgehead atoms. The van der Waals surface area contributed by atoms with Crippen LogP contribution >= 0.6 is 0 Å². The molecule has 0 fully saturated rings. The molecule has 2 aromatic rings. The number of amides is 1. The Kier molecular flexibility index (Phi) is 4.52. The summed E-state index contributed by atoms with van der Waals surface area (Å²) in [5.41, 5.74) is 0.0796. The second-order valence-electron chi connectivity index (χ2n) is 4.31. The minimum Gasteiger partial charge on any atom is -0.350 e. The Morgan fingerprint density at radius 2 is 1.90 bits per heavy atom. The van der Waals surface area contributed by atoms with Crippen molar-refractivity contribution >= 4 is 5.91 Å². The molecule has 0 radical (unpaired) electrons. The summed E-state index contributed by atoms with van der Waals surface area (Å²) in [6, 6.07) is 7.45. The molecular formula is C14H12F3N3O. The first-order valence-electron chi connectivity index (χ1n) is 6.14. The molecule has 0 saturated heterocycles.